The Hall–Kier alpha value is -0.0800. The summed E-state index contributed by atoms with van der Waals surface area (Å²) in [6.45, 7) is 9.57. The number of nitrogens with one attached hydrogen (secondary N) is 1. The van der Waals surface area contributed by atoms with Gasteiger partial charge in [-0.15, -0.1) is 0 Å². The lowest BCUT2D eigenvalue weighted by molar-refractivity contribution is 0.170. The molecular formula is C17H36N2. The van der Waals surface area contributed by atoms with Crippen molar-refractivity contribution < 1.29 is 0 Å². The van der Waals surface area contributed by atoms with Crippen LogP contribution in [0.15, 0.2) is 0 Å². The van der Waals surface area contributed by atoms with Crippen molar-refractivity contribution >= 4 is 0 Å². The van der Waals surface area contributed by atoms with Crippen LogP contribution in [0, 0.1) is 0 Å². The number of rotatable bonds is 11. The summed E-state index contributed by atoms with van der Waals surface area (Å²) in [5, 5.41) is 3.46. The van der Waals surface area contributed by atoms with Crippen LogP contribution in [0.25, 0.3) is 0 Å². The highest BCUT2D eigenvalue weighted by atomic mass is 15.2. The minimum atomic E-state index is 0.743. The summed E-state index contributed by atoms with van der Waals surface area (Å²) in [7, 11) is 0. The Balaban J connectivity index is 1.80. The summed E-state index contributed by atoms with van der Waals surface area (Å²) in [6.07, 6.45) is 14.4. The fourth-order valence-electron chi connectivity index (χ4n) is 3.02. The van der Waals surface area contributed by atoms with E-state index in [4.69, 9.17) is 0 Å². The molecule has 1 fully saturated rings. The van der Waals surface area contributed by atoms with Gasteiger partial charge in [-0.25, -0.2) is 0 Å². The fraction of sp³-hybridized carbons (Fsp3) is 1.00. The van der Waals surface area contributed by atoms with Crippen molar-refractivity contribution in [2.75, 3.05) is 26.2 Å². The first-order valence-electron chi connectivity index (χ1n) is 8.79. The predicted octanol–water partition coefficient (Wildman–Crippen LogP) is 4.20. The molecule has 1 saturated heterocycles. The van der Waals surface area contributed by atoms with Crippen LogP contribution in [-0.2, 0) is 0 Å². The summed E-state index contributed by atoms with van der Waals surface area (Å²) in [5.74, 6) is 0. The third-order valence-electron chi connectivity index (χ3n) is 4.44. The van der Waals surface area contributed by atoms with Gasteiger partial charge in [0.15, 0.2) is 0 Å². The molecule has 0 unspecified atom stereocenters. The molecular weight excluding hydrogens is 232 g/mol. The highest BCUT2D eigenvalue weighted by molar-refractivity contribution is 4.75. The zero-order valence-electron chi connectivity index (χ0n) is 13.4. The minimum Gasteiger partial charge on any atom is -0.314 e. The average Bonchev–Trinajstić information content (AvgIpc) is 2.43. The first-order chi connectivity index (χ1) is 9.34. The molecule has 114 valence electrons. The van der Waals surface area contributed by atoms with Gasteiger partial charge in [0.05, 0.1) is 0 Å². The highest BCUT2D eigenvalue weighted by Gasteiger charge is 2.16. The lowest BCUT2D eigenvalue weighted by Gasteiger charge is -2.33. The second-order valence-corrected chi connectivity index (χ2v) is 6.27. The highest BCUT2D eigenvalue weighted by Crippen LogP contribution is 2.11. The van der Waals surface area contributed by atoms with Crippen molar-refractivity contribution in [3.05, 3.63) is 0 Å². The Kier molecular flexibility index (Phi) is 10.5. The largest absolute Gasteiger partial charge is 0.314 e. The van der Waals surface area contributed by atoms with E-state index < -0.39 is 0 Å². The average molecular weight is 268 g/mol. The topological polar surface area (TPSA) is 15.3 Å². The molecule has 0 radical (unpaired) electrons. The van der Waals surface area contributed by atoms with E-state index in [1.54, 1.807) is 0 Å². The van der Waals surface area contributed by atoms with Gasteiger partial charge in [-0.1, -0.05) is 64.7 Å². The Bertz CT molecular complexity index is 194. The molecule has 0 bridgehead atoms. The van der Waals surface area contributed by atoms with Gasteiger partial charge in [-0.2, -0.15) is 0 Å². The lowest BCUT2D eigenvalue weighted by Crippen LogP contribution is -2.49. The van der Waals surface area contributed by atoms with E-state index in [0.717, 1.165) is 6.04 Å². The van der Waals surface area contributed by atoms with Crippen LogP contribution in [-0.4, -0.2) is 37.1 Å². The summed E-state index contributed by atoms with van der Waals surface area (Å²) in [4.78, 5) is 2.65. The van der Waals surface area contributed by atoms with Crippen LogP contribution in [0.1, 0.15) is 78.1 Å². The Labute approximate surface area is 121 Å². The molecule has 0 saturated carbocycles. The Morgan fingerprint density at radius 1 is 0.895 bits per heavy atom. The van der Waals surface area contributed by atoms with Crippen molar-refractivity contribution in [2.24, 2.45) is 0 Å². The Morgan fingerprint density at radius 2 is 1.47 bits per heavy atom. The zero-order valence-corrected chi connectivity index (χ0v) is 13.4. The zero-order chi connectivity index (χ0) is 13.8. The van der Waals surface area contributed by atoms with Crippen LogP contribution >= 0.6 is 0 Å². The van der Waals surface area contributed by atoms with Gasteiger partial charge in [0, 0.05) is 25.7 Å². The van der Waals surface area contributed by atoms with Gasteiger partial charge in [-0.3, -0.25) is 4.90 Å². The number of nitrogens with zero attached hydrogens (tertiary/aromatic N) is 1. The van der Waals surface area contributed by atoms with Crippen LogP contribution in [0.5, 0.6) is 0 Å². The molecule has 1 atom stereocenters. The monoisotopic (exact) mass is 268 g/mol. The normalized spacial score (nSPS) is 20.8. The molecule has 0 aliphatic carbocycles. The van der Waals surface area contributed by atoms with Gasteiger partial charge < -0.3 is 5.32 Å². The molecule has 1 aliphatic heterocycles. The van der Waals surface area contributed by atoms with Crippen molar-refractivity contribution in [3.8, 4) is 0 Å². The first-order valence-corrected chi connectivity index (χ1v) is 8.79. The quantitative estimate of drug-likeness (QED) is 0.565. The van der Waals surface area contributed by atoms with Gasteiger partial charge in [0.1, 0.15) is 0 Å². The summed E-state index contributed by atoms with van der Waals surface area (Å²) in [5.41, 5.74) is 0. The molecule has 1 heterocycles. The maximum absolute atomic E-state index is 3.46. The lowest BCUT2D eigenvalue weighted by atomic mass is 10.1. The first kappa shape index (κ1) is 17.0. The standard InChI is InChI=1S/C17H36N2/c1-3-4-5-6-7-8-9-10-11-12-14-19-15-13-18-16-17(19)2/h17-18H,3-16H2,1-2H3/t17-/m1/s1. The van der Waals surface area contributed by atoms with Crippen LogP contribution in [0.4, 0.5) is 0 Å². The molecule has 2 nitrogen and oxygen atoms in total. The van der Waals surface area contributed by atoms with Crippen molar-refractivity contribution in [3.63, 3.8) is 0 Å². The second-order valence-electron chi connectivity index (χ2n) is 6.27. The molecule has 0 spiro atoms. The number of unbranched alkanes of at least 4 members (excludes halogenated alkanes) is 9. The van der Waals surface area contributed by atoms with E-state index in [1.807, 2.05) is 0 Å². The van der Waals surface area contributed by atoms with Crippen molar-refractivity contribution in [1.82, 2.24) is 10.2 Å². The van der Waals surface area contributed by atoms with E-state index in [2.05, 4.69) is 24.1 Å². The number of hydrogen-bond acceptors (Lipinski definition) is 2. The SMILES string of the molecule is CCCCCCCCCCCCN1CCNC[C@H]1C. The molecule has 0 amide bonds. The van der Waals surface area contributed by atoms with Crippen molar-refractivity contribution in [2.45, 2.75) is 84.1 Å². The number of hydrogen-bond donors (Lipinski definition) is 1. The van der Waals surface area contributed by atoms with E-state index >= 15 is 0 Å². The van der Waals surface area contributed by atoms with Crippen LogP contribution in [0.3, 0.4) is 0 Å². The summed E-state index contributed by atoms with van der Waals surface area (Å²) < 4.78 is 0. The molecule has 0 aromatic carbocycles. The van der Waals surface area contributed by atoms with E-state index in [1.165, 1.54) is 90.4 Å². The molecule has 1 rings (SSSR count). The van der Waals surface area contributed by atoms with Gasteiger partial charge >= 0.3 is 0 Å². The molecule has 1 N–H and O–H groups in total. The van der Waals surface area contributed by atoms with E-state index in [0.29, 0.717) is 0 Å². The van der Waals surface area contributed by atoms with Crippen LogP contribution in [0.2, 0.25) is 0 Å². The van der Waals surface area contributed by atoms with Crippen molar-refractivity contribution in [1.29, 1.82) is 0 Å². The third kappa shape index (κ3) is 8.65. The Morgan fingerprint density at radius 3 is 2.05 bits per heavy atom. The van der Waals surface area contributed by atoms with Gasteiger partial charge in [0.2, 0.25) is 0 Å². The minimum absolute atomic E-state index is 0.743. The van der Waals surface area contributed by atoms with Gasteiger partial charge in [0.25, 0.3) is 0 Å². The molecule has 0 aromatic rings. The maximum Gasteiger partial charge on any atom is 0.0192 e. The third-order valence-corrected chi connectivity index (χ3v) is 4.44. The summed E-state index contributed by atoms with van der Waals surface area (Å²) in [6, 6.07) is 0.743. The van der Waals surface area contributed by atoms with Gasteiger partial charge in [-0.05, 0) is 19.9 Å². The smallest absolute Gasteiger partial charge is 0.0192 e. The summed E-state index contributed by atoms with van der Waals surface area (Å²) >= 11 is 0. The molecule has 0 aromatic heterocycles. The van der Waals surface area contributed by atoms with E-state index in [-0.39, 0.29) is 0 Å². The second kappa shape index (κ2) is 11.7. The molecule has 19 heavy (non-hydrogen) atoms. The molecule has 2 heteroatoms. The predicted molar refractivity (Wildman–Crippen MR) is 85.7 cm³/mol. The van der Waals surface area contributed by atoms with Crippen LogP contribution < -0.4 is 5.32 Å². The number of piperazine rings is 1. The fourth-order valence-corrected chi connectivity index (χ4v) is 3.02. The maximum atomic E-state index is 3.46. The molecule has 1 aliphatic rings. The van der Waals surface area contributed by atoms with E-state index in [9.17, 15) is 0 Å².